The first kappa shape index (κ1) is 13.9. The number of carbonyl (C=O) groups excluding carboxylic acids is 1. The van der Waals surface area contributed by atoms with Crippen LogP contribution in [0.1, 0.15) is 21.5 Å². The number of rotatable bonds is 5. The van der Waals surface area contributed by atoms with Gasteiger partial charge in [0.1, 0.15) is 0 Å². The van der Waals surface area contributed by atoms with Gasteiger partial charge in [0.2, 0.25) is 5.91 Å². The lowest BCUT2D eigenvalue weighted by atomic mass is 10.1. The van der Waals surface area contributed by atoms with Gasteiger partial charge in [-0.3, -0.25) is 4.79 Å². The number of hydrogen-bond acceptors (Lipinski definition) is 3. The molecule has 0 saturated heterocycles. The smallest absolute Gasteiger partial charge is 0.248 e. The van der Waals surface area contributed by atoms with Crippen LogP contribution in [-0.4, -0.2) is 12.5 Å². The minimum atomic E-state index is -0.469. The summed E-state index contributed by atoms with van der Waals surface area (Å²) < 4.78 is 0. The fraction of sp³-hybridized carbons (Fsp3) is 0.188. The zero-order chi connectivity index (χ0) is 14.5. The Balaban J connectivity index is 1.98. The molecule has 0 aliphatic carbocycles. The fourth-order valence-corrected chi connectivity index (χ4v) is 2.10. The number of aryl methyl sites for hydroxylation is 1. The second-order valence-corrected chi connectivity index (χ2v) is 4.77. The lowest BCUT2D eigenvalue weighted by Crippen LogP contribution is -2.12. The van der Waals surface area contributed by atoms with E-state index in [1.165, 1.54) is 11.1 Å². The molecule has 0 saturated carbocycles. The van der Waals surface area contributed by atoms with Crippen LogP contribution in [0.25, 0.3) is 0 Å². The van der Waals surface area contributed by atoms with Crippen LogP contribution in [0.4, 0.5) is 11.4 Å². The van der Waals surface area contributed by atoms with Gasteiger partial charge in [-0.25, -0.2) is 0 Å². The summed E-state index contributed by atoms with van der Waals surface area (Å²) in [4.78, 5) is 11.0. The number of benzene rings is 2. The molecule has 2 aromatic carbocycles. The molecule has 0 aliphatic rings. The van der Waals surface area contributed by atoms with Crippen LogP contribution in [0.2, 0.25) is 0 Å². The number of carbonyl (C=O) groups is 1. The van der Waals surface area contributed by atoms with Gasteiger partial charge >= 0.3 is 0 Å². The third-order valence-electron chi connectivity index (χ3n) is 3.31. The van der Waals surface area contributed by atoms with Crippen molar-refractivity contribution in [3.63, 3.8) is 0 Å². The molecule has 2 aromatic rings. The number of hydrogen-bond donors (Lipinski definition) is 3. The Morgan fingerprint density at radius 2 is 1.95 bits per heavy atom. The maximum Gasteiger partial charge on any atom is 0.248 e. The summed E-state index contributed by atoms with van der Waals surface area (Å²) in [5.74, 6) is -0.469. The molecule has 104 valence electrons. The maximum absolute atomic E-state index is 11.0. The SMILES string of the molecule is Cc1ccccc1CCNc1ccc(C(N)=O)cc1N. The van der Waals surface area contributed by atoms with Crippen molar-refractivity contribution in [3.05, 3.63) is 59.2 Å². The van der Waals surface area contributed by atoms with Gasteiger partial charge in [0, 0.05) is 12.1 Å². The molecule has 0 aromatic heterocycles. The summed E-state index contributed by atoms with van der Waals surface area (Å²) in [6.07, 6.45) is 0.920. The van der Waals surface area contributed by atoms with E-state index in [0.29, 0.717) is 11.3 Å². The van der Waals surface area contributed by atoms with Crippen molar-refractivity contribution >= 4 is 17.3 Å². The van der Waals surface area contributed by atoms with Crippen LogP contribution >= 0.6 is 0 Å². The third-order valence-corrected chi connectivity index (χ3v) is 3.31. The lowest BCUT2D eigenvalue weighted by Gasteiger charge is -2.11. The van der Waals surface area contributed by atoms with Crippen molar-refractivity contribution in [2.45, 2.75) is 13.3 Å². The van der Waals surface area contributed by atoms with E-state index in [-0.39, 0.29) is 0 Å². The molecular weight excluding hydrogens is 250 g/mol. The van der Waals surface area contributed by atoms with Gasteiger partial charge in [-0.1, -0.05) is 24.3 Å². The highest BCUT2D eigenvalue weighted by Crippen LogP contribution is 2.19. The average Bonchev–Trinajstić information content (AvgIpc) is 2.42. The van der Waals surface area contributed by atoms with Crippen molar-refractivity contribution in [3.8, 4) is 0 Å². The van der Waals surface area contributed by atoms with E-state index in [1.807, 2.05) is 12.1 Å². The molecule has 0 atom stereocenters. The van der Waals surface area contributed by atoms with Crippen LogP contribution in [0.15, 0.2) is 42.5 Å². The molecule has 0 radical (unpaired) electrons. The van der Waals surface area contributed by atoms with Crippen LogP contribution < -0.4 is 16.8 Å². The molecule has 4 nitrogen and oxygen atoms in total. The van der Waals surface area contributed by atoms with Gasteiger partial charge in [-0.2, -0.15) is 0 Å². The predicted octanol–water partition coefficient (Wildman–Crippen LogP) is 2.33. The Morgan fingerprint density at radius 3 is 2.60 bits per heavy atom. The Morgan fingerprint density at radius 1 is 1.20 bits per heavy atom. The summed E-state index contributed by atoms with van der Waals surface area (Å²) in [7, 11) is 0. The van der Waals surface area contributed by atoms with Crippen molar-refractivity contribution in [1.29, 1.82) is 0 Å². The van der Waals surface area contributed by atoms with Gasteiger partial charge in [0.25, 0.3) is 0 Å². The van der Waals surface area contributed by atoms with E-state index in [1.54, 1.807) is 18.2 Å². The first-order valence-corrected chi connectivity index (χ1v) is 6.55. The van der Waals surface area contributed by atoms with Crippen molar-refractivity contribution < 1.29 is 4.79 Å². The molecule has 20 heavy (non-hydrogen) atoms. The standard InChI is InChI=1S/C16H19N3O/c1-11-4-2-3-5-12(11)8-9-19-15-7-6-13(16(18)20)10-14(15)17/h2-7,10,19H,8-9,17H2,1H3,(H2,18,20). The minimum absolute atomic E-state index is 0.423. The van der Waals surface area contributed by atoms with Gasteiger partial charge in [-0.05, 0) is 42.7 Å². The molecule has 0 fully saturated rings. The number of nitrogen functional groups attached to an aromatic ring is 1. The second-order valence-electron chi connectivity index (χ2n) is 4.77. The third kappa shape index (κ3) is 3.29. The molecule has 0 heterocycles. The number of nitrogens with two attached hydrogens (primary N) is 2. The Kier molecular flexibility index (Phi) is 4.25. The largest absolute Gasteiger partial charge is 0.397 e. The molecule has 0 aliphatic heterocycles. The van der Waals surface area contributed by atoms with E-state index in [9.17, 15) is 4.79 Å². The van der Waals surface area contributed by atoms with Gasteiger partial charge in [-0.15, -0.1) is 0 Å². The summed E-state index contributed by atoms with van der Waals surface area (Å²) in [6.45, 7) is 2.89. The zero-order valence-electron chi connectivity index (χ0n) is 11.5. The normalized spacial score (nSPS) is 10.2. The molecule has 0 bridgehead atoms. The van der Waals surface area contributed by atoms with Crippen molar-refractivity contribution in [2.75, 3.05) is 17.6 Å². The quantitative estimate of drug-likeness (QED) is 0.729. The van der Waals surface area contributed by atoms with Gasteiger partial charge in [0.15, 0.2) is 0 Å². The highest BCUT2D eigenvalue weighted by molar-refractivity contribution is 5.94. The predicted molar refractivity (Wildman–Crippen MR) is 82.7 cm³/mol. The number of nitrogens with one attached hydrogen (secondary N) is 1. The zero-order valence-corrected chi connectivity index (χ0v) is 11.5. The summed E-state index contributed by atoms with van der Waals surface area (Å²) in [6, 6.07) is 13.4. The molecule has 0 unspecified atom stereocenters. The summed E-state index contributed by atoms with van der Waals surface area (Å²) in [5.41, 5.74) is 15.5. The Labute approximate surface area is 118 Å². The van der Waals surface area contributed by atoms with Crippen molar-refractivity contribution in [2.24, 2.45) is 5.73 Å². The molecule has 1 amide bonds. The number of amides is 1. The highest BCUT2D eigenvalue weighted by atomic mass is 16.1. The van der Waals surface area contributed by atoms with Crippen LogP contribution in [0, 0.1) is 6.92 Å². The second kappa shape index (κ2) is 6.10. The lowest BCUT2D eigenvalue weighted by molar-refractivity contribution is 0.100. The number of anilines is 2. The highest BCUT2D eigenvalue weighted by Gasteiger charge is 2.04. The fourth-order valence-electron chi connectivity index (χ4n) is 2.10. The molecule has 4 heteroatoms. The van der Waals surface area contributed by atoms with Crippen LogP contribution in [-0.2, 0) is 6.42 Å². The van der Waals surface area contributed by atoms with E-state index in [0.717, 1.165) is 18.7 Å². The van der Waals surface area contributed by atoms with Crippen LogP contribution in [0.3, 0.4) is 0 Å². The van der Waals surface area contributed by atoms with E-state index < -0.39 is 5.91 Å². The number of primary amides is 1. The van der Waals surface area contributed by atoms with E-state index >= 15 is 0 Å². The topological polar surface area (TPSA) is 81.1 Å². The first-order valence-electron chi connectivity index (χ1n) is 6.55. The van der Waals surface area contributed by atoms with Gasteiger partial charge < -0.3 is 16.8 Å². The maximum atomic E-state index is 11.0. The first-order chi connectivity index (χ1) is 9.58. The molecular formula is C16H19N3O. The summed E-state index contributed by atoms with van der Waals surface area (Å²) in [5, 5.41) is 3.28. The molecule has 5 N–H and O–H groups in total. The summed E-state index contributed by atoms with van der Waals surface area (Å²) >= 11 is 0. The molecule has 0 spiro atoms. The Hall–Kier alpha value is -2.49. The van der Waals surface area contributed by atoms with Gasteiger partial charge in [0.05, 0.1) is 11.4 Å². The average molecular weight is 269 g/mol. The van der Waals surface area contributed by atoms with Crippen LogP contribution in [0.5, 0.6) is 0 Å². The Bertz CT molecular complexity index is 623. The monoisotopic (exact) mass is 269 g/mol. The van der Waals surface area contributed by atoms with E-state index in [2.05, 4.69) is 24.4 Å². The minimum Gasteiger partial charge on any atom is -0.397 e. The molecule has 2 rings (SSSR count). The van der Waals surface area contributed by atoms with Crippen molar-refractivity contribution in [1.82, 2.24) is 0 Å². The van der Waals surface area contributed by atoms with E-state index in [4.69, 9.17) is 11.5 Å².